The Morgan fingerprint density at radius 1 is 1.14 bits per heavy atom. The van der Waals surface area contributed by atoms with Crippen molar-refractivity contribution in [3.05, 3.63) is 98.9 Å². The van der Waals surface area contributed by atoms with Crippen LogP contribution in [0, 0.1) is 27.7 Å². The van der Waals surface area contributed by atoms with Crippen molar-refractivity contribution in [3.63, 3.8) is 0 Å². The summed E-state index contributed by atoms with van der Waals surface area (Å²) in [6.07, 6.45) is 5.44. The van der Waals surface area contributed by atoms with Crippen LogP contribution in [-0.4, -0.2) is 31.3 Å². The molecule has 1 aliphatic carbocycles. The number of benzene rings is 2. The van der Waals surface area contributed by atoms with Gasteiger partial charge in [0, 0.05) is 12.5 Å². The van der Waals surface area contributed by atoms with Crippen LogP contribution in [0.4, 0.5) is 14.5 Å². The van der Waals surface area contributed by atoms with E-state index in [4.69, 9.17) is 0 Å². The van der Waals surface area contributed by atoms with Gasteiger partial charge in [0.05, 0.1) is 16.7 Å². The Morgan fingerprint density at radius 2 is 1.81 bits per heavy atom. The molecule has 2 atom stereocenters. The monoisotopic (exact) mass is 491 g/mol. The third-order valence-electron chi connectivity index (χ3n) is 6.60. The van der Waals surface area contributed by atoms with Crippen molar-refractivity contribution in [1.82, 2.24) is 14.8 Å². The SMILES string of the molecule is CCn1cc([N+](=O)[O-])c(C(=O)N2N=C3/C(=C/c4ccc(F)cc4)CCCC3C2c2ccc(F)cc2)n1. The first kappa shape index (κ1) is 23.5. The second kappa shape index (κ2) is 9.44. The van der Waals surface area contributed by atoms with Crippen LogP contribution < -0.4 is 0 Å². The Labute approximate surface area is 205 Å². The number of aromatic nitrogens is 2. The van der Waals surface area contributed by atoms with Crippen molar-refractivity contribution in [1.29, 1.82) is 0 Å². The van der Waals surface area contributed by atoms with Gasteiger partial charge >= 0.3 is 11.6 Å². The molecule has 2 unspecified atom stereocenters. The van der Waals surface area contributed by atoms with E-state index in [0.717, 1.165) is 30.4 Å². The van der Waals surface area contributed by atoms with Gasteiger partial charge in [0.1, 0.15) is 17.8 Å². The van der Waals surface area contributed by atoms with Crippen molar-refractivity contribution in [3.8, 4) is 0 Å². The number of hydrogen-bond donors (Lipinski definition) is 0. The number of hydrazone groups is 1. The number of aryl methyl sites for hydroxylation is 1. The van der Waals surface area contributed by atoms with Crippen LogP contribution >= 0.6 is 0 Å². The molecule has 0 spiro atoms. The molecule has 1 aliphatic heterocycles. The third kappa shape index (κ3) is 4.30. The molecule has 0 radical (unpaired) electrons. The quantitative estimate of drug-likeness (QED) is 0.347. The summed E-state index contributed by atoms with van der Waals surface area (Å²) < 4.78 is 28.4. The number of carbonyl (C=O) groups is 1. The molecule has 1 fully saturated rings. The number of hydrogen-bond acceptors (Lipinski definition) is 5. The highest BCUT2D eigenvalue weighted by Gasteiger charge is 2.45. The molecule has 0 saturated heterocycles. The van der Waals surface area contributed by atoms with E-state index in [1.807, 2.05) is 6.08 Å². The maximum atomic E-state index is 13.7. The predicted molar refractivity (Wildman–Crippen MR) is 129 cm³/mol. The van der Waals surface area contributed by atoms with Crippen LogP contribution in [-0.2, 0) is 6.54 Å². The first-order valence-corrected chi connectivity index (χ1v) is 11.7. The standard InChI is InChI=1S/C26H23F2N5O3/c1-2-31-15-22(33(35)36)24(29-31)26(34)32-25(17-8-12-20(28)13-9-17)21-5-3-4-18(23(21)30-32)14-16-6-10-19(27)11-7-16/h6-15,21,25H,2-5H2,1H3/b18-14+. The van der Waals surface area contributed by atoms with Gasteiger partial charge in [-0.3, -0.25) is 19.6 Å². The summed E-state index contributed by atoms with van der Waals surface area (Å²) in [5, 5.41) is 21.8. The molecule has 3 aromatic rings. The van der Waals surface area contributed by atoms with Crippen LogP contribution in [0.3, 0.4) is 0 Å². The molecule has 1 amide bonds. The molecular weight excluding hydrogens is 468 g/mol. The van der Waals surface area contributed by atoms with Crippen molar-refractivity contribution >= 4 is 23.4 Å². The third-order valence-corrected chi connectivity index (χ3v) is 6.60. The fourth-order valence-corrected chi connectivity index (χ4v) is 4.89. The van der Waals surface area contributed by atoms with Crippen molar-refractivity contribution < 1.29 is 18.5 Å². The van der Waals surface area contributed by atoms with Crippen molar-refractivity contribution in [2.75, 3.05) is 0 Å². The summed E-state index contributed by atoms with van der Waals surface area (Å²) >= 11 is 0. The van der Waals surface area contributed by atoms with Gasteiger partial charge in [-0.25, -0.2) is 13.8 Å². The van der Waals surface area contributed by atoms with Gasteiger partial charge in [-0.05, 0) is 73.2 Å². The van der Waals surface area contributed by atoms with Crippen molar-refractivity contribution in [2.24, 2.45) is 11.0 Å². The minimum atomic E-state index is -0.689. The van der Waals surface area contributed by atoms with Gasteiger partial charge in [-0.2, -0.15) is 10.2 Å². The number of amides is 1. The molecule has 36 heavy (non-hydrogen) atoms. The lowest BCUT2D eigenvalue weighted by molar-refractivity contribution is -0.385. The highest BCUT2D eigenvalue weighted by atomic mass is 19.1. The van der Waals surface area contributed by atoms with Gasteiger partial charge in [0.2, 0.25) is 5.69 Å². The minimum absolute atomic E-state index is 0.188. The fraction of sp³-hybridized carbons (Fsp3) is 0.269. The number of carbonyl (C=O) groups excluding carboxylic acids is 1. The molecule has 0 N–H and O–H groups in total. The van der Waals surface area contributed by atoms with Gasteiger partial charge < -0.3 is 0 Å². The van der Waals surface area contributed by atoms with Gasteiger partial charge in [-0.15, -0.1) is 0 Å². The van der Waals surface area contributed by atoms with E-state index in [1.54, 1.807) is 31.2 Å². The average molecular weight is 491 g/mol. The topological polar surface area (TPSA) is 93.6 Å². The maximum Gasteiger partial charge on any atom is 0.320 e. The fourth-order valence-electron chi connectivity index (χ4n) is 4.89. The first-order valence-electron chi connectivity index (χ1n) is 11.7. The Hall–Kier alpha value is -4.21. The highest BCUT2D eigenvalue weighted by Crippen LogP contribution is 2.45. The summed E-state index contributed by atoms with van der Waals surface area (Å²) in [5.41, 5.74) is 2.40. The summed E-state index contributed by atoms with van der Waals surface area (Å²) in [4.78, 5) is 24.7. The minimum Gasteiger partial charge on any atom is -0.265 e. The largest absolute Gasteiger partial charge is 0.320 e. The number of nitrogens with zero attached hydrogens (tertiary/aromatic N) is 5. The number of halogens is 2. The Bertz CT molecular complexity index is 1380. The van der Waals surface area contributed by atoms with E-state index in [9.17, 15) is 23.7 Å². The van der Waals surface area contributed by atoms with E-state index in [0.29, 0.717) is 17.8 Å². The molecule has 184 valence electrons. The number of rotatable bonds is 5. The maximum absolute atomic E-state index is 13.7. The lowest BCUT2D eigenvalue weighted by Crippen LogP contribution is -2.32. The summed E-state index contributed by atoms with van der Waals surface area (Å²) in [7, 11) is 0. The van der Waals surface area contributed by atoms with Crippen LogP contribution in [0.25, 0.3) is 6.08 Å². The smallest absolute Gasteiger partial charge is 0.265 e. The van der Waals surface area contributed by atoms with Crippen LogP contribution in [0.5, 0.6) is 0 Å². The van der Waals surface area contributed by atoms with E-state index < -0.39 is 28.4 Å². The molecule has 2 aromatic carbocycles. The van der Waals surface area contributed by atoms with E-state index in [2.05, 4.69) is 10.2 Å². The van der Waals surface area contributed by atoms with Gasteiger partial charge in [0.15, 0.2) is 0 Å². The number of allylic oxidation sites excluding steroid dienone is 1. The molecule has 10 heteroatoms. The predicted octanol–water partition coefficient (Wildman–Crippen LogP) is 5.53. The lowest BCUT2D eigenvalue weighted by atomic mass is 9.77. The summed E-state index contributed by atoms with van der Waals surface area (Å²) in [6, 6.07) is 11.4. The second-order valence-electron chi connectivity index (χ2n) is 8.83. The molecule has 0 bridgehead atoms. The molecule has 2 heterocycles. The van der Waals surface area contributed by atoms with Crippen molar-refractivity contribution in [2.45, 2.75) is 38.8 Å². The zero-order valence-corrected chi connectivity index (χ0v) is 19.5. The molecule has 1 saturated carbocycles. The van der Waals surface area contributed by atoms with Crippen LogP contribution in [0.15, 0.2) is 65.4 Å². The molecular formula is C26H23F2N5O3. The second-order valence-corrected chi connectivity index (χ2v) is 8.83. The molecule has 5 rings (SSSR count). The molecule has 8 nitrogen and oxygen atoms in total. The first-order chi connectivity index (χ1) is 17.4. The number of fused-ring (bicyclic) bond motifs is 1. The van der Waals surface area contributed by atoms with E-state index in [-0.39, 0.29) is 17.4 Å². The van der Waals surface area contributed by atoms with E-state index >= 15 is 0 Å². The van der Waals surface area contributed by atoms with Crippen LogP contribution in [0.1, 0.15) is 53.8 Å². The summed E-state index contributed by atoms with van der Waals surface area (Å²) in [6.45, 7) is 2.13. The average Bonchev–Trinajstić information content (AvgIpc) is 3.49. The van der Waals surface area contributed by atoms with Gasteiger partial charge in [-0.1, -0.05) is 24.3 Å². The molecule has 2 aliphatic rings. The zero-order chi connectivity index (χ0) is 25.4. The highest BCUT2D eigenvalue weighted by molar-refractivity contribution is 6.09. The van der Waals surface area contributed by atoms with Crippen LogP contribution in [0.2, 0.25) is 0 Å². The Morgan fingerprint density at radius 3 is 2.44 bits per heavy atom. The van der Waals surface area contributed by atoms with Gasteiger partial charge in [0.25, 0.3) is 0 Å². The Kier molecular flexibility index (Phi) is 6.17. The lowest BCUT2D eigenvalue weighted by Gasteiger charge is -2.29. The summed E-state index contributed by atoms with van der Waals surface area (Å²) in [5.74, 6) is -1.62. The Balaban J connectivity index is 1.60. The number of nitro groups is 1. The molecule has 1 aromatic heterocycles. The van der Waals surface area contributed by atoms with E-state index in [1.165, 1.54) is 40.2 Å². The normalized spacial score (nSPS) is 20.4. The zero-order valence-electron chi connectivity index (χ0n) is 19.5.